The second-order valence-electron chi connectivity index (χ2n) is 14.8. The minimum absolute atomic E-state index is 0.139. The first-order valence-corrected chi connectivity index (χ1v) is 21.6. The lowest BCUT2D eigenvalue weighted by Gasteiger charge is -2.29. The number of benzene rings is 8. The van der Waals surface area contributed by atoms with Crippen molar-refractivity contribution in [2.75, 3.05) is 0 Å². The molecule has 10 heteroatoms. The normalized spacial score (nSPS) is 10.8. The Bertz CT molecular complexity index is 2390. The molecule has 0 fully saturated rings. The molecule has 0 spiro atoms. The Hall–Kier alpha value is -6.88. The van der Waals surface area contributed by atoms with Crippen molar-refractivity contribution in [2.24, 2.45) is 0 Å². The van der Waals surface area contributed by atoms with Crippen LogP contribution in [0.15, 0.2) is 197 Å². The summed E-state index contributed by atoms with van der Waals surface area (Å²) >= 11 is 6.33. The van der Waals surface area contributed by atoms with Crippen LogP contribution in [0.1, 0.15) is 63.1 Å². The maximum atomic E-state index is 9.79. The van der Waals surface area contributed by atoms with E-state index in [0.717, 1.165) is 51.8 Å². The van der Waals surface area contributed by atoms with Crippen molar-refractivity contribution < 1.29 is 40.9 Å². The van der Waals surface area contributed by atoms with Gasteiger partial charge in [-0.2, -0.15) is 0 Å². The average Bonchev–Trinajstić information content (AvgIpc) is 3.29. The molecule has 0 atom stereocenters. The van der Waals surface area contributed by atoms with Crippen molar-refractivity contribution in [3.05, 3.63) is 236 Å². The van der Waals surface area contributed by atoms with Gasteiger partial charge in [-0.05, 0) is 181 Å². The highest BCUT2D eigenvalue weighted by molar-refractivity contribution is 9.11. The van der Waals surface area contributed by atoms with Crippen LogP contribution in [-0.2, 0) is 6.42 Å². The Labute approximate surface area is 383 Å². The fraction of sp³-hybridized carbons (Fsp3) is 0.0943. The first-order valence-electron chi connectivity index (χ1n) is 20.0. The van der Waals surface area contributed by atoms with E-state index in [2.05, 4.69) is 31.9 Å². The molecule has 8 aromatic carbocycles. The Kier molecular flexibility index (Phi) is 15.8. The van der Waals surface area contributed by atoms with Gasteiger partial charge in [-0.15, -0.1) is 0 Å². The summed E-state index contributed by atoms with van der Waals surface area (Å²) in [5.74, 6) is 1.67. The number of rotatable bonds is 10. The van der Waals surface area contributed by atoms with Crippen molar-refractivity contribution in [2.45, 2.75) is 30.6 Å². The molecule has 0 aliphatic carbocycles. The standard InChI is InChI=1S/C26H22O4.C21H20O3.C6H4Br2O/c27-21-9-1-17(2-10-21)25(18-3-11-22(28)12-4-18)26(19-5-13-23(29)14-6-19)20-7-15-24(30)16-8-20;22-18-8-1-15(2-9-18)3-14-21(16-4-10-19(23)11-5-16)17-6-12-20(24)13-7-17;7-4-2-1-3-5(8)6(4)9/h1-16,25-30H;1-2,4-13,21-24H,3,14H2;1-3,9H. The van der Waals surface area contributed by atoms with Crippen LogP contribution in [0.5, 0.6) is 46.0 Å². The first-order chi connectivity index (χ1) is 30.3. The van der Waals surface area contributed by atoms with Crippen molar-refractivity contribution >= 4 is 31.9 Å². The summed E-state index contributed by atoms with van der Waals surface area (Å²) in [6.07, 6.45) is 1.76. The summed E-state index contributed by atoms with van der Waals surface area (Å²) in [6.45, 7) is 0. The van der Waals surface area contributed by atoms with Gasteiger partial charge in [0.05, 0.1) is 8.95 Å². The monoisotopic (exact) mass is 968 g/mol. The topological polar surface area (TPSA) is 162 Å². The lowest BCUT2D eigenvalue weighted by molar-refractivity contribution is 0.468. The smallest absolute Gasteiger partial charge is 0.143 e. The Morgan fingerprint density at radius 3 is 0.794 bits per heavy atom. The molecule has 0 radical (unpaired) electrons. The molecule has 0 heterocycles. The van der Waals surface area contributed by atoms with Crippen LogP contribution in [0.25, 0.3) is 0 Å². The SMILES string of the molecule is Oc1c(Br)cccc1Br.Oc1ccc(C(c2ccc(O)cc2)C(c2ccc(O)cc2)c2ccc(O)cc2)cc1.Oc1ccc(CCC(c2ccc(O)cc2)c2ccc(O)cc2)cc1. The molecule has 0 aliphatic heterocycles. The van der Waals surface area contributed by atoms with Gasteiger partial charge >= 0.3 is 0 Å². The summed E-state index contributed by atoms with van der Waals surface area (Å²) in [4.78, 5) is 0. The quantitative estimate of drug-likeness (QED) is 0.0672. The molecule has 8 N–H and O–H groups in total. The van der Waals surface area contributed by atoms with Crippen molar-refractivity contribution in [1.29, 1.82) is 0 Å². The third kappa shape index (κ3) is 12.8. The van der Waals surface area contributed by atoms with Gasteiger partial charge in [0, 0.05) is 17.8 Å². The molecule has 8 nitrogen and oxygen atoms in total. The van der Waals surface area contributed by atoms with Gasteiger partial charge in [0.15, 0.2) is 0 Å². The molecule has 8 aromatic rings. The van der Waals surface area contributed by atoms with Gasteiger partial charge in [0.2, 0.25) is 0 Å². The number of hydrogen-bond donors (Lipinski definition) is 8. The van der Waals surface area contributed by atoms with E-state index >= 15 is 0 Å². The Morgan fingerprint density at radius 2 is 0.540 bits per heavy atom. The van der Waals surface area contributed by atoms with Crippen molar-refractivity contribution in [3.8, 4) is 46.0 Å². The van der Waals surface area contributed by atoms with Crippen molar-refractivity contribution in [3.63, 3.8) is 0 Å². The predicted octanol–water partition coefficient (Wildman–Crippen LogP) is 13.0. The molecule has 0 unspecified atom stereocenters. The van der Waals surface area contributed by atoms with E-state index in [0.29, 0.717) is 8.95 Å². The van der Waals surface area contributed by atoms with Crippen LogP contribution in [0, 0.1) is 0 Å². The molecule has 0 bridgehead atoms. The van der Waals surface area contributed by atoms with E-state index in [1.54, 1.807) is 97.1 Å². The molecule has 8 rings (SSSR count). The van der Waals surface area contributed by atoms with E-state index in [1.165, 1.54) is 0 Å². The highest BCUT2D eigenvalue weighted by Crippen LogP contribution is 2.44. The summed E-state index contributed by atoms with van der Waals surface area (Å²) in [5, 5.41) is 76.7. The van der Waals surface area contributed by atoms with Crippen LogP contribution in [0.2, 0.25) is 0 Å². The highest BCUT2D eigenvalue weighted by Gasteiger charge is 2.28. The lowest BCUT2D eigenvalue weighted by atomic mass is 9.73. The third-order valence-corrected chi connectivity index (χ3v) is 11.8. The van der Waals surface area contributed by atoms with Crippen LogP contribution in [0.3, 0.4) is 0 Å². The predicted molar refractivity (Wildman–Crippen MR) is 254 cm³/mol. The molecule has 320 valence electrons. The van der Waals surface area contributed by atoms with E-state index in [9.17, 15) is 35.7 Å². The minimum atomic E-state index is -0.139. The first kappa shape index (κ1) is 45.6. The van der Waals surface area contributed by atoms with E-state index < -0.39 is 0 Å². The zero-order valence-electron chi connectivity index (χ0n) is 33.9. The fourth-order valence-corrected chi connectivity index (χ4v) is 8.28. The third-order valence-electron chi connectivity index (χ3n) is 10.5. The van der Waals surface area contributed by atoms with E-state index in [-0.39, 0.29) is 63.7 Å². The fourth-order valence-electron chi connectivity index (χ4n) is 7.28. The molecular formula is C53H46Br2O8. The Morgan fingerprint density at radius 1 is 0.302 bits per heavy atom. The molecule has 0 saturated heterocycles. The summed E-state index contributed by atoms with van der Waals surface area (Å²) in [7, 11) is 0. The number of phenols is 8. The zero-order valence-corrected chi connectivity index (χ0v) is 37.0. The van der Waals surface area contributed by atoms with Crippen LogP contribution in [-0.4, -0.2) is 40.9 Å². The number of para-hydroxylation sites is 1. The summed E-state index contributed by atoms with van der Waals surface area (Å²) < 4.78 is 1.41. The average molecular weight is 971 g/mol. The molecule has 0 saturated carbocycles. The van der Waals surface area contributed by atoms with E-state index in [4.69, 9.17) is 5.11 Å². The van der Waals surface area contributed by atoms with Crippen molar-refractivity contribution in [1.82, 2.24) is 0 Å². The van der Waals surface area contributed by atoms with Gasteiger partial charge in [-0.3, -0.25) is 0 Å². The maximum absolute atomic E-state index is 9.79. The lowest BCUT2D eigenvalue weighted by Crippen LogP contribution is -2.14. The second kappa shape index (κ2) is 21.8. The molecular weight excluding hydrogens is 924 g/mol. The van der Waals surface area contributed by atoms with Gasteiger partial charge in [-0.1, -0.05) is 91.0 Å². The van der Waals surface area contributed by atoms with E-state index in [1.807, 2.05) is 91.0 Å². The maximum Gasteiger partial charge on any atom is 0.143 e. The number of aromatic hydroxyl groups is 8. The van der Waals surface area contributed by atoms with Crippen LogP contribution in [0.4, 0.5) is 0 Å². The number of aryl methyl sites for hydroxylation is 1. The minimum Gasteiger partial charge on any atom is -0.508 e. The van der Waals surface area contributed by atoms with Gasteiger partial charge < -0.3 is 40.9 Å². The van der Waals surface area contributed by atoms with Gasteiger partial charge in [0.1, 0.15) is 46.0 Å². The van der Waals surface area contributed by atoms with Gasteiger partial charge in [-0.25, -0.2) is 0 Å². The van der Waals surface area contributed by atoms with Crippen LogP contribution < -0.4 is 0 Å². The molecule has 0 aromatic heterocycles. The zero-order chi connectivity index (χ0) is 44.9. The second-order valence-corrected chi connectivity index (χ2v) is 16.5. The number of phenolic OH excluding ortho intramolecular Hbond substituents is 8. The number of hydrogen-bond acceptors (Lipinski definition) is 8. The molecule has 0 amide bonds. The summed E-state index contributed by atoms with van der Waals surface area (Å²) in [5.41, 5.74) is 7.37. The summed E-state index contributed by atoms with van der Waals surface area (Å²) in [6, 6.07) is 55.6. The van der Waals surface area contributed by atoms with Gasteiger partial charge in [0.25, 0.3) is 0 Å². The molecule has 63 heavy (non-hydrogen) atoms. The largest absolute Gasteiger partial charge is 0.508 e. The Balaban J connectivity index is 0.000000178. The van der Waals surface area contributed by atoms with Crippen LogP contribution >= 0.6 is 31.9 Å². The highest BCUT2D eigenvalue weighted by atomic mass is 79.9. The number of halogens is 2. The molecule has 0 aliphatic rings.